The molecule has 0 saturated carbocycles. The first kappa shape index (κ1) is 22.6. The molecule has 0 bridgehead atoms. The third-order valence-electron chi connectivity index (χ3n) is 5.90. The second kappa shape index (κ2) is 9.37. The number of nitrogens with zero attached hydrogens (tertiary/aromatic N) is 3. The van der Waals surface area contributed by atoms with Gasteiger partial charge in [-0.15, -0.1) is 0 Å². The molecule has 166 valence electrons. The van der Waals surface area contributed by atoms with E-state index in [0.29, 0.717) is 31.8 Å². The Bertz CT molecular complexity index is 733. The number of piperidine rings is 1. The fourth-order valence-electron chi connectivity index (χ4n) is 4.24. The highest BCUT2D eigenvalue weighted by Gasteiger charge is 2.33. The molecule has 30 heavy (non-hydrogen) atoms. The summed E-state index contributed by atoms with van der Waals surface area (Å²) in [4.78, 5) is 31.4. The molecule has 2 fully saturated rings. The standard InChI is InChI=1S/C22H30F3N3O2/c1-16(2)15-26-11-13-28(14-12-26)21(30)18-7-9-27(10-8-18)20(29)17-3-5-19(6-4-17)22(23,24)25/h3-6,16,18H,7-15H2,1-2H3. The van der Waals surface area contributed by atoms with Crippen molar-refractivity contribution in [1.29, 1.82) is 0 Å². The van der Waals surface area contributed by atoms with Crippen molar-refractivity contribution in [2.24, 2.45) is 11.8 Å². The van der Waals surface area contributed by atoms with E-state index in [4.69, 9.17) is 0 Å². The van der Waals surface area contributed by atoms with Gasteiger partial charge in [0.1, 0.15) is 0 Å². The third-order valence-corrected chi connectivity index (χ3v) is 5.90. The molecule has 5 nitrogen and oxygen atoms in total. The van der Waals surface area contributed by atoms with Crippen molar-refractivity contribution in [3.63, 3.8) is 0 Å². The Balaban J connectivity index is 1.48. The average Bonchev–Trinajstić information content (AvgIpc) is 2.72. The highest BCUT2D eigenvalue weighted by molar-refractivity contribution is 5.94. The smallest absolute Gasteiger partial charge is 0.340 e. The van der Waals surface area contributed by atoms with E-state index in [2.05, 4.69) is 18.7 Å². The van der Waals surface area contributed by atoms with Crippen LogP contribution in [0.15, 0.2) is 24.3 Å². The van der Waals surface area contributed by atoms with Crippen molar-refractivity contribution >= 4 is 11.8 Å². The van der Waals surface area contributed by atoms with Crippen LogP contribution in [0, 0.1) is 11.8 Å². The predicted molar refractivity (Wildman–Crippen MR) is 108 cm³/mol. The number of likely N-dealkylation sites (tertiary alicyclic amines) is 1. The summed E-state index contributed by atoms with van der Waals surface area (Å²) in [5, 5.41) is 0. The number of hydrogen-bond donors (Lipinski definition) is 0. The van der Waals surface area contributed by atoms with Gasteiger partial charge in [-0.2, -0.15) is 13.2 Å². The molecule has 1 aromatic carbocycles. The molecule has 0 aromatic heterocycles. The number of carbonyl (C=O) groups is 2. The molecule has 0 atom stereocenters. The monoisotopic (exact) mass is 425 g/mol. The van der Waals surface area contributed by atoms with Gasteiger partial charge in [0.25, 0.3) is 5.91 Å². The van der Waals surface area contributed by atoms with Gasteiger partial charge >= 0.3 is 6.18 Å². The molecule has 2 heterocycles. The molecule has 0 spiro atoms. The Labute approximate surface area is 175 Å². The fraction of sp³-hybridized carbons (Fsp3) is 0.636. The molecule has 0 unspecified atom stereocenters. The minimum atomic E-state index is -4.42. The first-order chi connectivity index (χ1) is 14.1. The van der Waals surface area contributed by atoms with E-state index in [9.17, 15) is 22.8 Å². The van der Waals surface area contributed by atoms with Crippen molar-refractivity contribution in [2.45, 2.75) is 32.9 Å². The molecule has 0 N–H and O–H groups in total. The first-order valence-electron chi connectivity index (χ1n) is 10.6. The molecule has 0 aliphatic carbocycles. The quantitative estimate of drug-likeness (QED) is 0.743. The van der Waals surface area contributed by atoms with Crippen LogP contribution in [-0.4, -0.2) is 72.3 Å². The van der Waals surface area contributed by atoms with E-state index >= 15 is 0 Å². The largest absolute Gasteiger partial charge is 0.416 e. The number of piperazine rings is 1. The average molecular weight is 425 g/mol. The Morgan fingerprint density at radius 2 is 1.50 bits per heavy atom. The Morgan fingerprint density at radius 1 is 0.933 bits per heavy atom. The van der Waals surface area contributed by atoms with Crippen LogP contribution in [0.1, 0.15) is 42.6 Å². The number of hydrogen-bond acceptors (Lipinski definition) is 3. The van der Waals surface area contributed by atoms with E-state index in [1.807, 2.05) is 4.90 Å². The lowest BCUT2D eigenvalue weighted by Crippen LogP contribution is -2.52. The van der Waals surface area contributed by atoms with E-state index in [1.165, 1.54) is 12.1 Å². The van der Waals surface area contributed by atoms with E-state index in [0.717, 1.165) is 44.9 Å². The first-order valence-corrected chi connectivity index (χ1v) is 10.6. The molecular formula is C22H30F3N3O2. The number of alkyl halides is 3. The molecule has 1 aromatic rings. The molecule has 2 saturated heterocycles. The topological polar surface area (TPSA) is 43.9 Å². The summed E-state index contributed by atoms with van der Waals surface area (Å²) < 4.78 is 38.1. The Morgan fingerprint density at radius 3 is 2.00 bits per heavy atom. The van der Waals surface area contributed by atoms with Crippen LogP contribution in [-0.2, 0) is 11.0 Å². The zero-order chi connectivity index (χ0) is 21.9. The number of amides is 2. The highest BCUT2D eigenvalue weighted by atomic mass is 19.4. The molecule has 3 rings (SSSR count). The van der Waals surface area contributed by atoms with Crippen molar-refractivity contribution in [2.75, 3.05) is 45.8 Å². The van der Waals surface area contributed by atoms with Crippen molar-refractivity contribution in [3.05, 3.63) is 35.4 Å². The van der Waals surface area contributed by atoms with Crippen molar-refractivity contribution < 1.29 is 22.8 Å². The highest BCUT2D eigenvalue weighted by Crippen LogP contribution is 2.29. The molecule has 8 heteroatoms. The molecular weight excluding hydrogens is 395 g/mol. The van der Waals surface area contributed by atoms with Crippen LogP contribution in [0.2, 0.25) is 0 Å². The number of rotatable bonds is 4. The summed E-state index contributed by atoms with van der Waals surface area (Å²) >= 11 is 0. The minimum absolute atomic E-state index is 0.0849. The maximum absolute atomic E-state index is 12.9. The zero-order valence-corrected chi connectivity index (χ0v) is 17.6. The van der Waals surface area contributed by atoms with Crippen molar-refractivity contribution in [1.82, 2.24) is 14.7 Å². The summed E-state index contributed by atoms with van der Waals surface area (Å²) in [5.41, 5.74) is -0.522. The Hall–Kier alpha value is -2.09. The summed E-state index contributed by atoms with van der Waals surface area (Å²) in [6.45, 7) is 9.62. The maximum Gasteiger partial charge on any atom is 0.416 e. The Kier molecular flexibility index (Phi) is 7.06. The van der Waals surface area contributed by atoms with Gasteiger partial charge in [-0.05, 0) is 43.0 Å². The number of benzene rings is 1. The van der Waals surface area contributed by atoms with Crippen LogP contribution < -0.4 is 0 Å². The van der Waals surface area contributed by atoms with Gasteiger partial charge in [0.05, 0.1) is 5.56 Å². The van der Waals surface area contributed by atoms with Gasteiger partial charge in [0.15, 0.2) is 0 Å². The van der Waals surface area contributed by atoms with Gasteiger partial charge in [-0.3, -0.25) is 14.5 Å². The van der Waals surface area contributed by atoms with E-state index in [-0.39, 0.29) is 23.3 Å². The van der Waals surface area contributed by atoms with Gasteiger partial charge in [-0.1, -0.05) is 13.8 Å². The molecule has 2 aliphatic rings. The van der Waals surface area contributed by atoms with Crippen LogP contribution in [0.25, 0.3) is 0 Å². The van der Waals surface area contributed by atoms with Gasteiger partial charge in [-0.25, -0.2) is 0 Å². The van der Waals surface area contributed by atoms with E-state index < -0.39 is 11.7 Å². The summed E-state index contributed by atoms with van der Waals surface area (Å²) in [6, 6.07) is 4.31. The summed E-state index contributed by atoms with van der Waals surface area (Å²) in [5.74, 6) is 0.412. The molecule has 2 amide bonds. The second-order valence-electron chi connectivity index (χ2n) is 8.66. The van der Waals surface area contributed by atoms with Crippen molar-refractivity contribution in [3.8, 4) is 0 Å². The van der Waals surface area contributed by atoms with Crippen LogP contribution in [0.5, 0.6) is 0 Å². The fourth-order valence-corrected chi connectivity index (χ4v) is 4.24. The predicted octanol–water partition coefficient (Wildman–Crippen LogP) is 3.36. The van der Waals surface area contributed by atoms with Crippen LogP contribution >= 0.6 is 0 Å². The zero-order valence-electron chi connectivity index (χ0n) is 17.6. The lowest BCUT2D eigenvalue weighted by molar-refractivity contribution is -0.139. The molecule has 2 aliphatic heterocycles. The lowest BCUT2D eigenvalue weighted by Gasteiger charge is -2.39. The minimum Gasteiger partial charge on any atom is -0.340 e. The second-order valence-corrected chi connectivity index (χ2v) is 8.66. The van der Waals surface area contributed by atoms with Crippen LogP contribution in [0.3, 0.4) is 0 Å². The lowest BCUT2D eigenvalue weighted by atomic mass is 9.94. The normalized spacial score (nSPS) is 19.4. The van der Waals surface area contributed by atoms with Gasteiger partial charge in [0, 0.05) is 57.3 Å². The van der Waals surface area contributed by atoms with Crippen LogP contribution in [0.4, 0.5) is 13.2 Å². The summed E-state index contributed by atoms with van der Waals surface area (Å²) in [6.07, 6.45) is -3.23. The maximum atomic E-state index is 12.9. The van der Waals surface area contributed by atoms with E-state index in [1.54, 1.807) is 4.90 Å². The summed E-state index contributed by atoms with van der Waals surface area (Å²) in [7, 11) is 0. The number of carbonyl (C=O) groups excluding carboxylic acids is 2. The third kappa shape index (κ3) is 5.53. The SMILES string of the molecule is CC(C)CN1CCN(C(=O)C2CCN(C(=O)c3ccc(C(F)(F)F)cc3)CC2)CC1. The molecule has 0 radical (unpaired) electrons. The van der Waals surface area contributed by atoms with Gasteiger partial charge < -0.3 is 9.80 Å². The number of halogens is 3. The van der Waals surface area contributed by atoms with Gasteiger partial charge in [0.2, 0.25) is 5.91 Å².